The highest BCUT2D eigenvalue weighted by Crippen LogP contribution is 2.11. The zero-order valence-corrected chi connectivity index (χ0v) is 45.2. The summed E-state index contributed by atoms with van der Waals surface area (Å²) in [6.07, 6.45) is 0.235. The Kier molecular flexibility index (Phi) is 33.5. The van der Waals surface area contributed by atoms with Gasteiger partial charge in [-0.15, -0.1) is 0 Å². The lowest BCUT2D eigenvalue weighted by Gasteiger charge is -2.28. The van der Waals surface area contributed by atoms with Crippen molar-refractivity contribution in [2.24, 2.45) is 34.0 Å². The van der Waals surface area contributed by atoms with Gasteiger partial charge in [-0.3, -0.25) is 62.5 Å². The van der Waals surface area contributed by atoms with Gasteiger partial charge in [-0.1, -0.05) is 27.7 Å². The standard InChI is InChI=1S/C44H75N13O18S2/c1-20(2)33(56-39(70)25(12-15-77-6)51-41(72)28(19-58)55-35(66)22(45)9-10-30(60)61)42(73)52-23(8-7-13-48-44(46)47)37(68)53-26(16-31(62)63)36(67)49-18-29(59)50-24(11-14-76-5)38(69)54-27(17-32(64)65)40(71)57-34(21(3)4)43(74)75/h20-28,33-34,58H,7-19,45H2,1-6H3,(H,49,67)(H,50,59)(H,51,72)(H,52,73)(H,53,68)(H,54,69)(H,55,66)(H,56,70)(H,57,71)(H,60,61)(H,62,63)(H,64,65)(H,74,75)(H4,46,47,48)/t22-,23-,24-,25-,26-,27-,28-,33-,34-/m0/s1. The van der Waals surface area contributed by atoms with Crippen molar-refractivity contribution in [2.45, 2.75) is 133 Å². The van der Waals surface area contributed by atoms with Crippen molar-refractivity contribution in [1.29, 1.82) is 0 Å². The number of carbonyl (C=O) groups excluding carboxylic acids is 9. The molecule has 20 N–H and O–H groups in total. The highest BCUT2D eigenvalue weighted by atomic mass is 32.2. The molecule has 0 aliphatic carbocycles. The van der Waals surface area contributed by atoms with Crippen LogP contribution in [0, 0.1) is 11.8 Å². The molecule has 0 heterocycles. The van der Waals surface area contributed by atoms with Gasteiger partial charge in [0.25, 0.3) is 0 Å². The summed E-state index contributed by atoms with van der Waals surface area (Å²) in [5.74, 6) is -16.3. The Bertz CT molecular complexity index is 2100. The summed E-state index contributed by atoms with van der Waals surface area (Å²) in [4.78, 5) is 170. The number of nitrogens with one attached hydrogen (secondary N) is 9. The number of carbonyl (C=O) groups is 13. The summed E-state index contributed by atoms with van der Waals surface area (Å²) in [6, 6.07) is -13.9. The Labute approximate surface area is 452 Å². The lowest BCUT2D eigenvalue weighted by Crippen LogP contribution is -2.61. The first-order valence-electron chi connectivity index (χ1n) is 24.0. The maximum absolute atomic E-state index is 14.0. The first-order chi connectivity index (χ1) is 36.0. The van der Waals surface area contributed by atoms with E-state index in [4.69, 9.17) is 22.3 Å². The van der Waals surface area contributed by atoms with Crippen LogP contribution in [-0.2, 0) is 62.3 Å². The van der Waals surface area contributed by atoms with E-state index in [-0.39, 0.29) is 56.1 Å². The molecule has 0 unspecified atom stereocenters. The number of aliphatic imine (C=N–C) groups is 1. The van der Waals surface area contributed by atoms with Crippen molar-refractivity contribution < 1.29 is 87.9 Å². The first-order valence-corrected chi connectivity index (χ1v) is 26.8. The molecule has 33 heteroatoms. The third kappa shape index (κ3) is 28.6. The van der Waals surface area contributed by atoms with Crippen LogP contribution in [0.5, 0.6) is 0 Å². The Hall–Kier alpha value is -7.00. The summed E-state index contributed by atoms with van der Waals surface area (Å²) < 4.78 is 0. The summed E-state index contributed by atoms with van der Waals surface area (Å²) in [6.45, 7) is 4.07. The number of aliphatic hydroxyl groups is 1. The van der Waals surface area contributed by atoms with Gasteiger partial charge in [-0.25, -0.2) is 4.79 Å². The second-order valence-corrected chi connectivity index (χ2v) is 19.8. The van der Waals surface area contributed by atoms with Crippen LogP contribution in [0.1, 0.15) is 79.1 Å². The van der Waals surface area contributed by atoms with Crippen LogP contribution in [0.25, 0.3) is 0 Å². The maximum Gasteiger partial charge on any atom is 0.326 e. The molecule has 0 aliphatic heterocycles. The third-order valence-electron chi connectivity index (χ3n) is 10.8. The average molecular weight is 1140 g/mol. The minimum atomic E-state index is -1.91. The van der Waals surface area contributed by atoms with E-state index >= 15 is 0 Å². The zero-order chi connectivity index (χ0) is 59.1. The van der Waals surface area contributed by atoms with Gasteiger partial charge in [-0.05, 0) is 68.0 Å². The van der Waals surface area contributed by atoms with E-state index < -0.39 is 176 Å². The van der Waals surface area contributed by atoms with Crippen LogP contribution in [0.2, 0.25) is 0 Å². The minimum Gasteiger partial charge on any atom is -0.481 e. The molecule has 0 aromatic heterocycles. The third-order valence-corrected chi connectivity index (χ3v) is 12.1. The number of nitrogens with two attached hydrogens (primary N) is 3. The van der Waals surface area contributed by atoms with Gasteiger partial charge in [-0.2, -0.15) is 23.5 Å². The maximum atomic E-state index is 14.0. The molecule has 31 nitrogen and oxygen atoms in total. The summed E-state index contributed by atoms with van der Waals surface area (Å²) in [5, 5.41) is 68.1. The van der Waals surface area contributed by atoms with E-state index in [1.54, 1.807) is 12.5 Å². The Balaban J connectivity index is 6.44. The number of carboxylic acids is 4. The molecule has 0 aromatic carbocycles. The molecule has 0 radical (unpaired) electrons. The van der Waals surface area contributed by atoms with Gasteiger partial charge >= 0.3 is 23.9 Å². The van der Waals surface area contributed by atoms with Crippen LogP contribution >= 0.6 is 23.5 Å². The van der Waals surface area contributed by atoms with Gasteiger partial charge in [0.1, 0.15) is 48.3 Å². The summed E-state index contributed by atoms with van der Waals surface area (Å²) in [5.41, 5.74) is 16.6. The summed E-state index contributed by atoms with van der Waals surface area (Å²) >= 11 is 2.53. The number of rotatable bonds is 39. The number of amides is 9. The van der Waals surface area contributed by atoms with Crippen LogP contribution in [-0.4, -0.2) is 207 Å². The van der Waals surface area contributed by atoms with Gasteiger partial charge in [0.2, 0.25) is 53.2 Å². The topological polar surface area (TPSA) is 522 Å². The molecule has 436 valence electrons. The largest absolute Gasteiger partial charge is 0.481 e. The number of guanidine groups is 1. The van der Waals surface area contributed by atoms with Crippen molar-refractivity contribution in [2.75, 3.05) is 43.7 Å². The smallest absolute Gasteiger partial charge is 0.326 e. The van der Waals surface area contributed by atoms with Crippen molar-refractivity contribution in [1.82, 2.24) is 47.9 Å². The molecule has 0 fully saturated rings. The van der Waals surface area contributed by atoms with Gasteiger partial charge in [0.05, 0.1) is 32.0 Å². The molecular weight excluding hydrogens is 1060 g/mol. The molecule has 77 heavy (non-hydrogen) atoms. The highest BCUT2D eigenvalue weighted by Gasteiger charge is 2.36. The van der Waals surface area contributed by atoms with E-state index in [0.717, 1.165) is 0 Å². The monoisotopic (exact) mass is 1140 g/mol. The van der Waals surface area contributed by atoms with E-state index in [2.05, 4.69) is 52.8 Å². The molecule has 0 bridgehead atoms. The Morgan fingerprint density at radius 1 is 0.494 bits per heavy atom. The van der Waals surface area contributed by atoms with Gasteiger partial charge < -0.3 is 90.6 Å². The van der Waals surface area contributed by atoms with Gasteiger partial charge in [0, 0.05) is 13.0 Å². The quantitative estimate of drug-likeness (QED) is 0.0155. The van der Waals surface area contributed by atoms with Crippen molar-refractivity contribution in [3.8, 4) is 0 Å². The Morgan fingerprint density at radius 2 is 0.909 bits per heavy atom. The lowest BCUT2D eigenvalue weighted by atomic mass is 10.0. The number of hydrogen-bond acceptors (Lipinski definition) is 18. The molecule has 0 rings (SSSR count). The fourth-order valence-corrected chi connectivity index (χ4v) is 7.55. The normalized spacial score (nSPS) is 14.5. The second-order valence-electron chi connectivity index (χ2n) is 17.9. The molecule has 0 saturated carbocycles. The number of thioether (sulfide) groups is 2. The van der Waals surface area contributed by atoms with Crippen molar-refractivity contribution in [3.05, 3.63) is 0 Å². The number of aliphatic hydroxyl groups excluding tert-OH is 1. The number of carboxylic acid groups (broad SMARTS) is 4. The molecule has 9 amide bonds. The number of hydrogen-bond donors (Lipinski definition) is 17. The van der Waals surface area contributed by atoms with Gasteiger partial charge in [0.15, 0.2) is 5.96 Å². The van der Waals surface area contributed by atoms with E-state index in [1.807, 2.05) is 0 Å². The number of nitrogens with zero attached hydrogens (tertiary/aromatic N) is 1. The van der Waals surface area contributed by atoms with E-state index in [1.165, 1.54) is 51.2 Å². The zero-order valence-electron chi connectivity index (χ0n) is 43.6. The van der Waals surface area contributed by atoms with Crippen molar-refractivity contribution >= 4 is 107 Å². The molecule has 0 saturated heterocycles. The fraction of sp³-hybridized carbons (Fsp3) is 0.682. The number of aliphatic carboxylic acids is 4. The van der Waals surface area contributed by atoms with Crippen LogP contribution in [0.15, 0.2) is 4.99 Å². The molecule has 0 aliphatic rings. The van der Waals surface area contributed by atoms with E-state index in [9.17, 15) is 82.8 Å². The van der Waals surface area contributed by atoms with E-state index in [0.29, 0.717) is 0 Å². The highest BCUT2D eigenvalue weighted by molar-refractivity contribution is 7.98. The van der Waals surface area contributed by atoms with Crippen LogP contribution < -0.4 is 65.1 Å². The Morgan fingerprint density at radius 3 is 1.36 bits per heavy atom. The lowest BCUT2D eigenvalue weighted by molar-refractivity contribution is -0.145. The van der Waals surface area contributed by atoms with Crippen LogP contribution in [0.3, 0.4) is 0 Å². The second kappa shape index (κ2) is 36.9. The predicted molar refractivity (Wildman–Crippen MR) is 278 cm³/mol. The molecular formula is C44H75N13O18S2. The van der Waals surface area contributed by atoms with Crippen LogP contribution in [0.4, 0.5) is 0 Å². The molecule has 0 aromatic rings. The van der Waals surface area contributed by atoms with Crippen molar-refractivity contribution in [3.63, 3.8) is 0 Å². The SMILES string of the molecule is CSCC[C@H](NC(=O)CNC(=O)[C@H](CC(=O)O)NC(=O)[C@H](CCCN=C(N)N)NC(=O)[C@@H](NC(=O)[C@H](CCSC)NC(=O)[C@H](CO)NC(=O)[C@@H](N)CCC(=O)O)C(C)C)C(=O)N[C@@H](CC(=O)O)C(=O)N[C@H](C(=O)O)C(C)C. The molecule has 0 spiro atoms. The minimum absolute atomic E-state index is 0.00849. The summed E-state index contributed by atoms with van der Waals surface area (Å²) in [7, 11) is 0. The average Bonchev–Trinajstić information content (AvgIpc) is 3.34. The molecule has 9 atom stereocenters. The fourth-order valence-electron chi connectivity index (χ4n) is 6.60. The first kappa shape index (κ1) is 70.0. The predicted octanol–water partition coefficient (Wildman–Crippen LogP) is -5.93.